The largest absolute Gasteiger partial charge is 0.380 e. The lowest BCUT2D eigenvalue weighted by molar-refractivity contribution is 0.244. The number of hydrogen-bond donors (Lipinski definition) is 2. The highest BCUT2D eigenvalue weighted by Gasteiger charge is 2.12. The van der Waals surface area contributed by atoms with E-state index in [1.165, 1.54) is 12.4 Å². The topological polar surface area (TPSA) is 44.6 Å². The van der Waals surface area contributed by atoms with Crippen molar-refractivity contribution in [2.75, 3.05) is 0 Å². The summed E-state index contributed by atoms with van der Waals surface area (Å²) in [6.45, 7) is 7.01. The number of hydrogen-bond acceptors (Lipinski definition) is 2. The summed E-state index contributed by atoms with van der Waals surface area (Å²) in [5, 5.41) is 12.7. The maximum absolute atomic E-state index is 9.95. The van der Waals surface area contributed by atoms with Gasteiger partial charge < -0.3 is 10.4 Å². The van der Waals surface area contributed by atoms with Gasteiger partial charge in [-0.1, -0.05) is 43.5 Å². The van der Waals surface area contributed by atoms with Crippen molar-refractivity contribution >= 4 is 5.84 Å². The lowest BCUT2D eigenvalue weighted by Gasteiger charge is -2.13. The number of aliphatic imine (C=N–C) groups is 1. The third-order valence-electron chi connectivity index (χ3n) is 1.85. The molecule has 1 aromatic rings. The predicted molar refractivity (Wildman–Crippen MR) is 62.4 cm³/mol. The van der Waals surface area contributed by atoms with Gasteiger partial charge in [0.1, 0.15) is 11.9 Å². The van der Waals surface area contributed by atoms with E-state index in [0.29, 0.717) is 5.84 Å². The lowest BCUT2D eigenvalue weighted by Crippen LogP contribution is -2.24. The van der Waals surface area contributed by atoms with Crippen molar-refractivity contribution in [3.8, 4) is 0 Å². The first-order valence-corrected chi connectivity index (χ1v) is 4.58. The van der Waals surface area contributed by atoms with E-state index >= 15 is 0 Å². The Labute approximate surface area is 89.5 Å². The molecule has 1 unspecified atom stereocenters. The van der Waals surface area contributed by atoms with Gasteiger partial charge in [0.25, 0.3) is 0 Å². The molecule has 0 aliphatic heterocycles. The molecular formula is C12H14N2O. The zero-order valence-electron chi connectivity index (χ0n) is 8.43. The molecule has 0 saturated carbocycles. The van der Waals surface area contributed by atoms with Crippen molar-refractivity contribution in [2.24, 2.45) is 4.99 Å². The van der Waals surface area contributed by atoms with Crippen LogP contribution in [0.3, 0.4) is 0 Å². The average Bonchev–Trinajstić information content (AvgIpc) is 2.29. The van der Waals surface area contributed by atoms with E-state index in [1.54, 1.807) is 0 Å². The first-order chi connectivity index (χ1) is 7.29. The van der Waals surface area contributed by atoms with Gasteiger partial charge in [0.2, 0.25) is 0 Å². The number of aliphatic hydroxyl groups excluding tert-OH is 1. The highest BCUT2D eigenvalue weighted by molar-refractivity contribution is 5.88. The molecule has 3 heteroatoms. The molecule has 2 N–H and O–H groups in total. The van der Waals surface area contributed by atoms with Crippen LogP contribution in [0.2, 0.25) is 0 Å². The van der Waals surface area contributed by atoms with Crippen LogP contribution in [0, 0.1) is 0 Å². The van der Waals surface area contributed by atoms with Gasteiger partial charge in [0, 0.05) is 6.20 Å². The van der Waals surface area contributed by atoms with Crippen LogP contribution < -0.4 is 5.32 Å². The highest BCUT2D eigenvalue weighted by Crippen LogP contribution is 2.12. The molecule has 15 heavy (non-hydrogen) atoms. The molecule has 0 radical (unpaired) electrons. The molecule has 0 heterocycles. The third kappa shape index (κ3) is 3.07. The Balaban J connectivity index is 2.90. The Kier molecular flexibility index (Phi) is 4.31. The minimum absolute atomic E-state index is 0.409. The summed E-state index contributed by atoms with van der Waals surface area (Å²) >= 11 is 0. The Hall–Kier alpha value is -1.87. The van der Waals surface area contributed by atoms with Crippen molar-refractivity contribution < 1.29 is 5.11 Å². The molecule has 0 saturated heterocycles. The van der Waals surface area contributed by atoms with Crippen LogP contribution >= 0.6 is 0 Å². The number of aliphatic hydroxyl groups is 1. The summed E-state index contributed by atoms with van der Waals surface area (Å²) < 4.78 is 0. The first kappa shape index (κ1) is 11.2. The zero-order valence-corrected chi connectivity index (χ0v) is 8.43. The van der Waals surface area contributed by atoms with Gasteiger partial charge in [-0.2, -0.15) is 0 Å². The van der Waals surface area contributed by atoms with Gasteiger partial charge in [-0.3, -0.25) is 0 Å². The molecule has 0 amide bonds. The Morgan fingerprint density at radius 1 is 1.33 bits per heavy atom. The van der Waals surface area contributed by atoms with E-state index in [0.717, 1.165) is 5.56 Å². The van der Waals surface area contributed by atoms with Gasteiger partial charge in [-0.15, -0.1) is 0 Å². The van der Waals surface area contributed by atoms with Crippen LogP contribution in [0.15, 0.2) is 60.9 Å². The molecule has 1 rings (SSSR count). The molecule has 3 nitrogen and oxygen atoms in total. The molecule has 0 aliphatic carbocycles. The highest BCUT2D eigenvalue weighted by atomic mass is 16.3. The van der Waals surface area contributed by atoms with Crippen LogP contribution in [-0.4, -0.2) is 10.9 Å². The van der Waals surface area contributed by atoms with Crippen LogP contribution in [0.1, 0.15) is 11.7 Å². The predicted octanol–water partition coefficient (Wildman–Crippen LogP) is 2.00. The van der Waals surface area contributed by atoms with Crippen molar-refractivity contribution in [3.63, 3.8) is 0 Å². The molecule has 0 aliphatic rings. The van der Waals surface area contributed by atoms with Gasteiger partial charge >= 0.3 is 0 Å². The van der Waals surface area contributed by atoms with Gasteiger partial charge in [-0.25, -0.2) is 4.99 Å². The van der Waals surface area contributed by atoms with Crippen LogP contribution in [0.25, 0.3) is 0 Å². The second-order valence-electron chi connectivity index (χ2n) is 2.86. The second kappa shape index (κ2) is 5.78. The fraction of sp³-hybridized carbons (Fsp3) is 0.0833. The van der Waals surface area contributed by atoms with E-state index < -0.39 is 6.10 Å². The maximum Gasteiger partial charge on any atom is 0.139 e. The quantitative estimate of drug-likeness (QED) is 0.579. The van der Waals surface area contributed by atoms with Crippen molar-refractivity contribution in [2.45, 2.75) is 6.10 Å². The summed E-state index contributed by atoms with van der Waals surface area (Å²) in [4.78, 5) is 3.94. The normalized spacial score (nSPS) is 13.0. The van der Waals surface area contributed by atoms with Crippen molar-refractivity contribution in [1.29, 1.82) is 0 Å². The van der Waals surface area contributed by atoms with Crippen molar-refractivity contribution in [1.82, 2.24) is 5.32 Å². The lowest BCUT2D eigenvalue weighted by atomic mass is 10.1. The summed E-state index contributed by atoms with van der Waals surface area (Å²) in [6.07, 6.45) is 2.05. The summed E-state index contributed by atoms with van der Waals surface area (Å²) in [6, 6.07) is 9.26. The Morgan fingerprint density at radius 3 is 2.53 bits per heavy atom. The van der Waals surface area contributed by atoms with E-state index in [2.05, 4.69) is 23.5 Å². The maximum atomic E-state index is 9.95. The van der Waals surface area contributed by atoms with Crippen molar-refractivity contribution in [3.05, 3.63) is 61.5 Å². The van der Waals surface area contributed by atoms with E-state index in [4.69, 9.17) is 0 Å². The van der Waals surface area contributed by atoms with Crippen LogP contribution in [-0.2, 0) is 0 Å². The Bertz CT molecular complexity index is 357. The van der Waals surface area contributed by atoms with Gasteiger partial charge in [0.15, 0.2) is 0 Å². The molecule has 78 valence electrons. The SMILES string of the molecule is C=CN=C(NC=C)C(O)c1ccccc1. The molecule has 1 atom stereocenters. The summed E-state index contributed by atoms with van der Waals surface area (Å²) in [7, 11) is 0. The fourth-order valence-electron chi connectivity index (χ4n) is 1.18. The second-order valence-corrected chi connectivity index (χ2v) is 2.86. The smallest absolute Gasteiger partial charge is 0.139 e. The molecule has 0 bridgehead atoms. The van der Waals surface area contributed by atoms with E-state index in [-0.39, 0.29) is 0 Å². The Morgan fingerprint density at radius 2 is 2.00 bits per heavy atom. The molecular weight excluding hydrogens is 188 g/mol. The summed E-state index contributed by atoms with van der Waals surface area (Å²) in [5.41, 5.74) is 0.771. The number of nitrogens with one attached hydrogen (secondary N) is 1. The number of amidine groups is 1. The average molecular weight is 202 g/mol. The first-order valence-electron chi connectivity index (χ1n) is 4.58. The van der Waals surface area contributed by atoms with E-state index in [9.17, 15) is 5.11 Å². The number of rotatable bonds is 4. The van der Waals surface area contributed by atoms with Gasteiger partial charge in [0.05, 0.1) is 0 Å². The molecule has 0 aromatic heterocycles. The summed E-state index contributed by atoms with van der Waals surface area (Å²) in [5.74, 6) is 0.409. The minimum atomic E-state index is -0.790. The number of nitrogens with zero attached hydrogens (tertiary/aromatic N) is 1. The van der Waals surface area contributed by atoms with Crippen LogP contribution in [0.5, 0.6) is 0 Å². The minimum Gasteiger partial charge on any atom is -0.380 e. The standard InChI is InChI=1S/C12H14N2O/c1-3-13-12(14-4-2)11(15)10-8-6-5-7-9-10/h3-9,11,15H,1-2H2,(H,13,14). The number of benzene rings is 1. The van der Waals surface area contributed by atoms with Crippen LogP contribution in [0.4, 0.5) is 0 Å². The fourth-order valence-corrected chi connectivity index (χ4v) is 1.18. The molecule has 1 aromatic carbocycles. The van der Waals surface area contributed by atoms with Gasteiger partial charge in [-0.05, 0) is 11.8 Å². The zero-order chi connectivity index (χ0) is 11.1. The third-order valence-corrected chi connectivity index (χ3v) is 1.85. The molecule has 0 fully saturated rings. The molecule has 0 spiro atoms. The van der Waals surface area contributed by atoms with E-state index in [1.807, 2.05) is 30.3 Å². The monoisotopic (exact) mass is 202 g/mol.